The van der Waals surface area contributed by atoms with Crippen molar-refractivity contribution in [1.29, 1.82) is 0 Å². The fourth-order valence-electron chi connectivity index (χ4n) is 3.51. The van der Waals surface area contributed by atoms with Crippen LogP contribution in [0.4, 0.5) is 4.39 Å². The first-order valence-electron chi connectivity index (χ1n) is 9.58. The summed E-state index contributed by atoms with van der Waals surface area (Å²) in [6.45, 7) is 7.46. The number of alkyl halides is 1. The fraction of sp³-hybridized carbons (Fsp3) is 0.550. The molecule has 1 aliphatic carbocycles. The summed E-state index contributed by atoms with van der Waals surface area (Å²) in [6.07, 6.45) is 4.39. The number of allylic oxidation sites excluding steroid dienone is 1. The van der Waals surface area contributed by atoms with Gasteiger partial charge in [0.25, 0.3) is 0 Å². The number of pyridine rings is 1. The van der Waals surface area contributed by atoms with Crippen molar-refractivity contribution in [2.45, 2.75) is 71.6 Å². The summed E-state index contributed by atoms with van der Waals surface area (Å²) in [6, 6.07) is 2.24. The van der Waals surface area contributed by atoms with E-state index >= 15 is 0 Å². The molecule has 4 N–H and O–H groups in total. The van der Waals surface area contributed by atoms with Crippen LogP contribution in [0.15, 0.2) is 22.8 Å². The summed E-state index contributed by atoms with van der Waals surface area (Å²) in [5.74, 6) is 0.341. The number of hydrogen-bond acceptors (Lipinski definition) is 4. The summed E-state index contributed by atoms with van der Waals surface area (Å²) < 4.78 is 14.4. The molecular weight excluding hydrogens is 343 g/mol. The van der Waals surface area contributed by atoms with Crippen molar-refractivity contribution in [3.05, 3.63) is 29.1 Å². The van der Waals surface area contributed by atoms with Gasteiger partial charge in [0.2, 0.25) is 0 Å². The van der Waals surface area contributed by atoms with Gasteiger partial charge in [0.05, 0.1) is 17.4 Å². The second-order valence-corrected chi connectivity index (χ2v) is 7.69. The molecule has 0 aromatic carbocycles. The molecule has 0 spiro atoms. The minimum atomic E-state index is -1.20. The van der Waals surface area contributed by atoms with E-state index in [1.807, 2.05) is 26.8 Å². The minimum absolute atomic E-state index is 0.0651. The van der Waals surface area contributed by atoms with Gasteiger partial charge in [-0.25, -0.2) is 9.37 Å². The Morgan fingerprint density at radius 1 is 1.41 bits per heavy atom. The summed E-state index contributed by atoms with van der Waals surface area (Å²) in [5, 5.41) is 11.5. The predicted octanol–water partition coefficient (Wildman–Crippen LogP) is 3.63. The van der Waals surface area contributed by atoms with Crippen LogP contribution < -0.4 is 11.1 Å². The molecule has 6 nitrogen and oxygen atoms in total. The Balaban J connectivity index is 1.94. The van der Waals surface area contributed by atoms with Gasteiger partial charge in [-0.15, -0.1) is 0 Å². The van der Waals surface area contributed by atoms with E-state index in [4.69, 9.17) is 5.73 Å². The zero-order valence-corrected chi connectivity index (χ0v) is 16.5. The van der Waals surface area contributed by atoms with Crippen molar-refractivity contribution in [3.8, 4) is 0 Å². The molecule has 0 bridgehead atoms. The second kappa shape index (κ2) is 8.17. The first kappa shape index (κ1) is 19.5. The van der Waals surface area contributed by atoms with E-state index in [9.17, 15) is 4.39 Å². The van der Waals surface area contributed by atoms with Crippen LogP contribution in [0.2, 0.25) is 0 Å². The number of H-pyrrole nitrogens is 1. The average molecular weight is 372 g/mol. The van der Waals surface area contributed by atoms with Gasteiger partial charge in [-0.3, -0.25) is 10.1 Å². The van der Waals surface area contributed by atoms with E-state index in [1.165, 1.54) is 6.92 Å². The highest BCUT2D eigenvalue weighted by molar-refractivity contribution is 5.98. The molecule has 2 aromatic rings. The molecule has 3 rings (SSSR count). The molecular formula is C20H29FN6. The van der Waals surface area contributed by atoms with E-state index in [0.717, 1.165) is 53.6 Å². The number of aryl methyl sites for hydroxylation is 1. The van der Waals surface area contributed by atoms with Crippen LogP contribution in [-0.2, 0) is 0 Å². The van der Waals surface area contributed by atoms with Crippen LogP contribution in [0, 0.1) is 6.92 Å². The topological polar surface area (TPSA) is 92.0 Å². The Labute approximate surface area is 159 Å². The lowest BCUT2D eigenvalue weighted by molar-refractivity contribution is 0.387. The number of nitrogens with two attached hydrogens (primary N) is 1. The molecule has 3 atom stereocenters. The lowest BCUT2D eigenvalue weighted by atomic mass is 9.92. The second-order valence-electron chi connectivity index (χ2n) is 7.69. The maximum atomic E-state index is 14.4. The van der Waals surface area contributed by atoms with Crippen LogP contribution in [0.3, 0.4) is 0 Å². The Morgan fingerprint density at radius 2 is 2.19 bits per heavy atom. The molecule has 0 amide bonds. The van der Waals surface area contributed by atoms with Crippen molar-refractivity contribution in [3.63, 3.8) is 0 Å². The Hall–Kier alpha value is -2.28. The van der Waals surface area contributed by atoms with Gasteiger partial charge in [0.1, 0.15) is 5.84 Å². The number of nitrogens with one attached hydrogen (secondary N) is 2. The number of rotatable bonds is 4. The summed E-state index contributed by atoms with van der Waals surface area (Å²) in [5.41, 5.74) is 10.3. The molecule has 27 heavy (non-hydrogen) atoms. The maximum absolute atomic E-state index is 14.4. The number of hydrogen-bond donors (Lipinski definition) is 3. The summed E-state index contributed by atoms with van der Waals surface area (Å²) in [4.78, 5) is 9.03. The molecule has 7 heteroatoms. The highest BCUT2D eigenvalue weighted by Gasteiger charge is 2.22. The quantitative estimate of drug-likeness (QED) is 0.564. The first-order valence-corrected chi connectivity index (χ1v) is 9.58. The Morgan fingerprint density at radius 3 is 2.85 bits per heavy atom. The van der Waals surface area contributed by atoms with Gasteiger partial charge in [-0.2, -0.15) is 5.10 Å². The normalized spacial score (nSPS) is 21.9. The van der Waals surface area contributed by atoms with Crippen LogP contribution >= 0.6 is 0 Å². The van der Waals surface area contributed by atoms with Crippen LogP contribution in [0.1, 0.15) is 57.7 Å². The Bertz CT molecular complexity index is 862. The van der Waals surface area contributed by atoms with Crippen LogP contribution in [0.25, 0.3) is 16.7 Å². The van der Waals surface area contributed by atoms with Crippen molar-refractivity contribution < 1.29 is 4.39 Å². The number of aromatic amines is 1. The van der Waals surface area contributed by atoms with Gasteiger partial charge in [0.15, 0.2) is 11.8 Å². The van der Waals surface area contributed by atoms with E-state index in [1.54, 1.807) is 6.20 Å². The van der Waals surface area contributed by atoms with Crippen molar-refractivity contribution in [2.75, 3.05) is 0 Å². The lowest BCUT2D eigenvalue weighted by Gasteiger charge is -2.25. The molecule has 2 aromatic heterocycles. The van der Waals surface area contributed by atoms with E-state index < -0.39 is 6.17 Å². The van der Waals surface area contributed by atoms with Gasteiger partial charge in [-0.1, -0.05) is 5.57 Å². The summed E-state index contributed by atoms with van der Waals surface area (Å²) in [7, 11) is 0. The molecule has 1 aliphatic rings. The standard InChI is InChI=1S/C20H29FN6/c1-11(2)17(18-16-8-12(3)10-23-20(16)27-26-18)25-19(13(4)21)24-15-7-5-6-14(22)9-15/h8,10,13-15H,5-7,9,22H2,1-4H3,(H,24,25)(H,23,26,27). The number of halogens is 1. The van der Waals surface area contributed by atoms with Crippen molar-refractivity contribution >= 4 is 22.6 Å². The van der Waals surface area contributed by atoms with E-state index in [-0.39, 0.29) is 12.1 Å². The number of fused-ring (bicyclic) bond motifs is 1. The smallest absolute Gasteiger partial charge is 0.181 e. The lowest BCUT2D eigenvalue weighted by Crippen LogP contribution is -2.35. The highest BCUT2D eigenvalue weighted by Crippen LogP contribution is 2.24. The molecule has 0 saturated heterocycles. The average Bonchev–Trinajstić information content (AvgIpc) is 3.00. The molecule has 1 saturated carbocycles. The van der Waals surface area contributed by atoms with Gasteiger partial charge >= 0.3 is 0 Å². The highest BCUT2D eigenvalue weighted by atomic mass is 19.1. The van der Waals surface area contributed by atoms with Crippen molar-refractivity contribution in [2.24, 2.45) is 10.7 Å². The van der Waals surface area contributed by atoms with E-state index in [2.05, 4.69) is 25.5 Å². The number of aromatic nitrogens is 3. The molecule has 3 unspecified atom stereocenters. The molecule has 1 fully saturated rings. The Kier molecular flexibility index (Phi) is 5.89. The third kappa shape index (κ3) is 4.53. The van der Waals surface area contributed by atoms with Crippen LogP contribution in [-0.4, -0.2) is 39.3 Å². The number of aliphatic imine (C=N–C) groups is 1. The summed E-state index contributed by atoms with van der Waals surface area (Å²) >= 11 is 0. The number of amidine groups is 1. The van der Waals surface area contributed by atoms with Gasteiger partial charge < -0.3 is 11.1 Å². The fourth-order valence-corrected chi connectivity index (χ4v) is 3.51. The number of nitrogens with zero attached hydrogens (tertiary/aromatic N) is 3. The van der Waals surface area contributed by atoms with Crippen molar-refractivity contribution in [1.82, 2.24) is 20.5 Å². The molecule has 0 radical (unpaired) electrons. The van der Waals surface area contributed by atoms with E-state index in [0.29, 0.717) is 11.5 Å². The third-order valence-electron chi connectivity index (χ3n) is 4.93. The minimum Gasteiger partial charge on any atom is -0.340 e. The first-order chi connectivity index (χ1) is 12.8. The molecule has 2 heterocycles. The zero-order valence-electron chi connectivity index (χ0n) is 16.5. The predicted molar refractivity (Wildman–Crippen MR) is 108 cm³/mol. The SMILES string of the molecule is CC(C)=C(NC(=NC1CCCC(N)C1)C(C)F)c1[nH]nc2ncc(C)cc12. The largest absolute Gasteiger partial charge is 0.340 e. The maximum Gasteiger partial charge on any atom is 0.181 e. The molecule has 0 aliphatic heterocycles. The third-order valence-corrected chi connectivity index (χ3v) is 4.93. The van der Waals surface area contributed by atoms with Gasteiger partial charge in [0, 0.05) is 17.6 Å². The zero-order chi connectivity index (χ0) is 19.6. The monoisotopic (exact) mass is 372 g/mol. The molecule has 146 valence electrons. The van der Waals surface area contributed by atoms with Gasteiger partial charge in [-0.05, 0) is 65.0 Å². The van der Waals surface area contributed by atoms with Crippen LogP contribution in [0.5, 0.6) is 0 Å².